The molecule has 2 rings (SSSR count). The molecule has 0 aliphatic carbocycles. The van der Waals surface area contributed by atoms with Crippen LogP contribution in [0.1, 0.15) is 91.2 Å². The minimum absolute atomic E-state index is 1.20. The molecule has 0 N–H and O–H groups in total. The van der Waals surface area contributed by atoms with Gasteiger partial charge in [-0.05, 0) is 38.5 Å². The zero-order valence-electron chi connectivity index (χ0n) is 26.2. The molecule has 0 atom stereocenters. The van der Waals surface area contributed by atoms with Gasteiger partial charge < -0.3 is 28.8 Å². The molecule has 2 aromatic rings. The molecule has 0 spiro atoms. The van der Waals surface area contributed by atoms with Gasteiger partial charge in [0.2, 0.25) is 0 Å². The van der Waals surface area contributed by atoms with Crippen LogP contribution < -0.4 is 10.2 Å². The zero-order chi connectivity index (χ0) is 30.3. The van der Waals surface area contributed by atoms with Crippen molar-refractivity contribution < 1.29 is 28.8 Å². The molecule has 0 aliphatic heterocycles. The van der Waals surface area contributed by atoms with E-state index in [1.54, 1.807) is 0 Å². The Kier molecular flexibility index (Phi) is 20.6. The van der Waals surface area contributed by atoms with Crippen LogP contribution in [0.5, 0.6) is 0 Å². The molecule has 0 fully saturated rings. The third-order valence-corrected chi connectivity index (χ3v) is 7.08. The Bertz CT molecular complexity index is 793. The maximum Gasteiger partial charge on any atom is 0.104 e. The van der Waals surface area contributed by atoms with Crippen LogP contribution in [0.2, 0.25) is 0 Å². The summed E-state index contributed by atoms with van der Waals surface area (Å²) in [5.41, 5.74) is 2.98. The number of benzene rings is 2. The fourth-order valence-electron chi connectivity index (χ4n) is 5.93. The van der Waals surface area contributed by atoms with E-state index in [0.29, 0.717) is 0 Å². The van der Waals surface area contributed by atoms with E-state index in [-0.39, 0.29) is 0 Å². The van der Waals surface area contributed by atoms with Crippen LogP contribution in [0.4, 0.5) is 0 Å². The lowest BCUT2D eigenvalue weighted by Crippen LogP contribution is -2.48. The molecular formula is C34H56N2O4. The normalized spacial score (nSPS) is 11.1. The summed E-state index contributed by atoms with van der Waals surface area (Å²) < 4.78 is 2.54. The summed E-state index contributed by atoms with van der Waals surface area (Å²) in [5, 5.41) is 17.9. The first kappa shape index (κ1) is 37.3. The predicted octanol–water partition coefficient (Wildman–Crippen LogP) is 4.95. The summed E-state index contributed by atoms with van der Waals surface area (Å²) in [6, 6.07) is 21.9. The number of quaternary nitrogens is 2. The van der Waals surface area contributed by atoms with Crippen LogP contribution in [0.25, 0.3) is 0 Å². The number of rotatable bonds is 16. The number of carboxylic acids is 2. The quantitative estimate of drug-likeness (QED) is 0.216. The van der Waals surface area contributed by atoms with Crippen LogP contribution in [0, 0.1) is 0 Å². The van der Waals surface area contributed by atoms with E-state index in [2.05, 4.69) is 102 Å². The van der Waals surface area contributed by atoms with Crippen molar-refractivity contribution in [2.24, 2.45) is 0 Å². The average Bonchev–Trinajstić information content (AvgIpc) is 2.91. The topological polar surface area (TPSA) is 80.3 Å². The lowest BCUT2D eigenvalue weighted by Gasteiger charge is -2.38. The van der Waals surface area contributed by atoms with Crippen molar-refractivity contribution >= 4 is 11.9 Å². The summed E-state index contributed by atoms with van der Waals surface area (Å²) in [4.78, 5) is 17.9. The monoisotopic (exact) mass is 556 g/mol. The molecule has 0 radical (unpaired) electrons. The van der Waals surface area contributed by atoms with E-state index in [1.165, 1.54) is 111 Å². The minimum atomic E-state index is -2.19. The van der Waals surface area contributed by atoms with Crippen LogP contribution in [-0.4, -0.2) is 60.2 Å². The smallest absolute Gasteiger partial charge is 0.104 e. The molecular weight excluding hydrogens is 500 g/mol. The highest BCUT2D eigenvalue weighted by atomic mass is 16.4. The predicted molar refractivity (Wildman–Crippen MR) is 162 cm³/mol. The molecule has 0 heterocycles. The molecule has 6 nitrogen and oxygen atoms in total. The van der Waals surface area contributed by atoms with Crippen molar-refractivity contribution in [3.05, 3.63) is 71.8 Å². The Morgan fingerprint density at radius 2 is 0.700 bits per heavy atom. The maximum absolute atomic E-state index is 8.93. The number of carbonyl (C=O) groups is 2. The number of aliphatic carboxylic acids is 2. The fourth-order valence-corrected chi connectivity index (χ4v) is 5.93. The second kappa shape index (κ2) is 22.0. The lowest BCUT2D eigenvalue weighted by molar-refractivity contribution is -0.941. The standard InChI is InChI=1S/2C16H28N.C2H2O4/c2*1-4-12-17(13-5-2,14-6-3)15-16-10-8-7-9-11-16;3-1(4)2(5)6/h2*7-11H,4-6,12-15H2,1-3H3;(H,3,4)(H,5,6)/q2*+1;/p-2. The first-order valence-electron chi connectivity index (χ1n) is 15.4. The van der Waals surface area contributed by atoms with Gasteiger partial charge in [-0.25, -0.2) is 0 Å². The van der Waals surface area contributed by atoms with Gasteiger partial charge in [0, 0.05) is 11.1 Å². The fraction of sp³-hybridized carbons (Fsp3) is 0.588. The highest BCUT2D eigenvalue weighted by molar-refractivity contribution is 6.25. The van der Waals surface area contributed by atoms with E-state index in [4.69, 9.17) is 19.8 Å². The summed E-state index contributed by atoms with van der Waals surface area (Å²) in [6.45, 7) is 24.2. The van der Waals surface area contributed by atoms with Gasteiger partial charge in [-0.2, -0.15) is 0 Å². The van der Waals surface area contributed by atoms with Crippen LogP contribution in [0.15, 0.2) is 60.7 Å². The van der Waals surface area contributed by atoms with Gasteiger partial charge in [0.1, 0.15) is 13.1 Å². The van der Waals surface area contributed by atoms with Crippen LogP contribution in [0.3, 0.4) is 0 Å². The number of hydrogen-bond acceptors (Lipinski definition) is 4. The summed E-state index contributed by atoms with van der Waals surface area (Å²) in [5.74, 6) is -4.37. The third-order valence-electron chi connectivity index (χ3n) is 7.08. The van der Waals surface area contributed by atoms with Crippen molar-refractivity contribution in [1.82, 2.24) is 0 Å². The molecule has 0 saturated heterocycles. The van der Waals surface area contributed by atoms with Gasteiger partial charge >= 0.3 is 0 Å². The zero-order valence-corrected chi connectivity index (χ0v) is 26.2. The van der Waals surface area contributed by atoms with E-state index >= 15 is 0 Å². The molecule has 40 heavy (non-hydrogen) atoms. The molecule has 6 heteroatoms. The average molecular weight is 557 g/mol. The summed E-state index contributed by atoms with van der Waals surface area (Å²) in [7, 11) is 0. The summed E-state index contributed by atoms with van der Waals surface area (Å²) >= 11 is 0. The van der Waals surface area contributed by atoms with Gasteiger partial charge in [0.25, 0.3) is 0 Å². The van der Waals surface area contributed by atoms with Gasteiger partial charge in [-0.3, -0.25) is 0 Å². The van der Waals surface area contributed by atoms with Crippen molar-refractivity contribution in [2.45, 2.75) is 93.2 Å². The van der Waals surface area contributed by atoms with Crippen molar-refractivity contribution in [3.8, 4) is 0 Å². The number of nitrogens with zero attached hydrogens (tertiary/aromatic N) is 2. The lowest BCUT2D eigenvalue weighted by atomic mass is 10.1. The van der Waals surface area contributed by atoms with E-state index in [0.717, 1.165) is 0 Å². The Morgan fingerprint density at radius 3 is 0.875 bits per heavy atom. The Morgan fingerprint density at radius 1 is 0.475 bits per heavy atom. The third kappa shape index (κ3) is 15.8. The molecule has 0 bridgehead atoms. The first-order chi connectivity index (χ1) is 19.2. The number of carboxylic acid groups (broad SMARTS) is 2. The maximum atomic E-state index is 8.93. The molecule has 226 valence electrons. The number of hydrogen-bond donors (Lipinski definition) is 0. The van der Waals surface area contributed by atoms with Gasteiger partial charge in [0.05, 0.1) is 51.2 Å². The molecule has 0 saturated carbocycles. The van der Waals surface area contributed by atoms with Gasteiger partial charge in [-0.1, -0.05) is 102 Å². The first-order valence-corrected chi connectivity index (χ1v) is 15.4. The highest BCUT2D eigenvalue weighted by Crippen LogP contribution is 2.19. The number of carbonyl (C=O) groups excluding carboxylic acids is 2. The highest BCUT2D eigenvalue weighted by Gasteiger charge is 2.25. The van der Waals surface area contributed by atoms with E-state index in [9.17, 15) is 0 Å². The van der Waals surface area contributed by atoms with Crippen LogP contribution >= 0.6 is 0 Å². The Balaban J connectivity index is 0.000000634. The Labute approximate surface area is 244 Å². The SMILES string of the molecule is CCC[N+](CCC)(CCC)Cc1ccccc1.CCC[N+](CCC)(CCC)Cc1ccccc1.O=C([O-])C(=O)[O-]. The molecule has 0 unspecified atom stereocenters. The van der Waals surface area contributed by atoms with Gasteiger partial charge in [0.15, 0.2) is 0 Å². The van der Waals surface area contributed by atoms with Crippen LogP contribution in [-0.2, 0) is 22.7 Å². The largest absolute Gasteiger partial charge is 0.543 e. The second-order valence-electron chi connectivity index (χ2n) is 10.9. The van der Waals surface area contributed by atoms with E-state index < -0.39 is 11.9 Å². The summed E-state index contributed by atoms with van der Waals surface area (Å²) in [6.07, 6.45) is 7.71. The second-order valence-corrected chi connectivity index (χ2v) is 10.9. The molecule has 2 aromatic carbocycles. The van der Waals surface area contributed by atoms with Crippen molar-refractivity contribution in [3.63, 3.8) is 0 Å². The van der Waals surface area contributed by atoms with E-state index in [1.807, 2.05) is 0 Å². The molecule has 0 aliphatic rings. The van der Waals surface area contributed by atoms with Crippen molar-refractivity contribution in [1.29, 1.82) is 0 Å². The molecule has 0 amide bonds. The minimum Gasteiger partial charge on any atom is -0.543 e. The van der Waals surface area contributed by atoms with Crippen molar-refractivity contribution in [2.75, 3.05) is 39.3 Å². The molecule has 0 aromatic heterocycles. The Hall–Kier alpha value is -2.70. The van der Waals surface area contributed by atoms with Gasteiger partial charge in [-0.15, -0.1) is 0 Å².